The summed E-state index contributed by atoms with van der Waals surface area (Å²) >= 11 is 0. The van der Waals surface area contributed by atoms with E-state index in [1.807, 2.05) is 19.0 Å². The number of anilines is 1. The van der Waals surface area contributed by atoms with Crippen molar-refractivity contribution >= 4 is 11.7 Å². The molecule has 1 heterocycles. The van der Waals surface area contributed by atoms with Crippen LogP contribution in [0.4, 0.5) is 5.69 Å². The predicted molar refractivity (Wildman–Crippen MR) is 77.2 cm³/mol. The fourth-order valence-corrected chi connectivity index (χ4v) is 1.55. The lowest BCUT2D eigenvalue weighted by Gasteiger charge is -2.06. The number of aromatic carboxylic acids is 1. The number of aromatic nitrogens is 1. The third-order valence-corrected chi connectivity index (χ3v) is 2.65. The molecule has 0 fully saturated rings. The summed E-state index contributed by atoms with van der Waals surface area (Å²) in [5.41, 5.74) is 1.73. The molecule has 0 aliphatic carbocycles. The maximum Gasteiger partial charge on any atom is 0.340 e. The van der Waals surface area contributed by atoms with Gasteiger partial charge >= 0.3 is 17.1 Å². The first-order valence-corrected chi connectivity index (χ1v) is 6.06. The molecule has 2 aromatic rings. The van der Waals surface area contributed by atoms with Crippen molar-refractivity contribution in [2.75, 3.05) is 26.1 Å². The highest BCUT2D eigenvalue weighted by Gasteiger charge is 2.19. The second-order valence-corrected chi connectivity index (χ2v) is 4.66. The maximum atomic E-state index is 11.2. The first-order valence-electron chi connectivity index (χ1n) is 6.06. The second-order valence-electron chi connectivity index (χ2n) is 4.66. The van der Waals surface area contributed by atoms with E-state index in [9.17, 15) is 19.5 Å². The van der Waals surface area contributed by atoms with Crippen molar-refractivity contribution in [3.8, 4) is 11.8 Å². The second kappa shape index (κ2) is 5.64. The van der Waals surface area contributed by atoms with Gasteiger partial charge in [0.2, 0.25) is 0 Å². The van der Waals surface area contributed by atoms with Crippen LogP contribution in [0.1, 0.15) is 15.9 Å². The Morgan fingerprint density at radius 1 is 1.33 bits per heavy atom. The van der Waals surface area contributed by atoms with E-state index in [4.69, 9.17) is 0 Å². The number of nitrogens with zero attached hydrogens (tertiary/aromatic N) is 2. The molecule has 0 spiro atoms. The molecule has 0 radical (unpaired) electrons. The predicted octanol–water partition coefficient (Wildman–Crippen LogP) is -0.429. The van der Waals surface area contributed by atoms with Crippen molar-refractivity contribution in [3.05, 3.63) is 50.0 Å². The molecule has 2 rings (SSSR count). The van der Waals surface area contributed by atoms with Gasteiger partial charge in [-0.2, -0.15) is 4.68 Å². The molecule has 108 valence electrons. The van der Waals surface area contributed by atoms with Crippen LogP contribution in [0.5, 0.6) is 0 Å². The Hall–Kier alpha value is -2.85. The summed E-state index contributed by atoms with van der Waals surface area (Å²) in [4.78, 5) is 35.0. The fraction of sp³-hybridized carbons (Fsp3) is 0.214. The van der Waals surface area contributed by atoms with Crippen LogP contribution in [-0.4, -0.2) is 41.3 Å². The van der Waals surface area contributed by atoms with Crippen LogP contribution >= 0.6 is 0 Å². The standard InChI is InChI=1S/C14H13N3O4/c1-16(2)7-3-4-9-5-6-11(10(8-9)14(20)21)15-17-12(18)13(17)19/h5-6,8,15H,7H2,1-2H3,(H,20,21). The number of benzene rings is 1. The summed E-state index contributed by atoms with van der Waals surface area (Å²) in [7, 11) is 3.75. The molecule has 0 saturated carbocycles. The largest absolute Gasteiger partial charge is 0.478 e. The van der Waals surface area contributed by atoms with Crippen molar-refractivity contribution in [1.29, 1.82) is 0 Å². The third-order valence-electron chi connectivity index (χ3n) is 2.65. The lowest BCUT2D eigenvalue weighted by molar-refractivity contribution is 0.0698. The smallest absolute Gasteiger partial charge is 0.340 e. The Balaban J connectivity index is 2.28. The molecule has 0 aliphatic rings. The highest BCUT2D eigenvalue weighted by atomic mass is 16.4. The highest BCUT2D eigenvalue weighted by molar-refractivity contribution is 5.94. The van der Waals surface area contributed by atoms with Gasteiger partial charge in [0.05, 0.1) is 17.8 Å². The number of hydrogen-bond acceptors (Lipinski definition) is 5. The molecule has 0 atom stereocenters. The van der Waals surface area contributed by atoms with Crippen LogP contribution in [0.2, 0.25) is 0 Å². The van der Waals surface area contributed by atoms with Crippen molar-refractivity contribution in [2.24, 2.45) is 0 Å². The van der Waals surface area contributed by atoms with Crippen molar-refractivity contribution in [1.82, 2.24) is 9.58 Å². The topological polar surface area (TPSA) is 91.6 Å². The van der Waals surface area contributed by atoms with E-state index in [-0.39, 0.29) is 11.3 Å². The van der Waals surface area contributed by atoms with Gasteiger partial charge in [-0.15, -0.1) is 0 Å². The summed E-state index contributed by atoms with van der Waals surface area (Å²) in [6.45, 7) is 0.555. The molecule has 7 nitrogen and oxygen atoms in total. The van der Waals surface area contributed by atoms with Gasteiger partial charge in [0.25, 0.3) is 0 Å². The van der Waals surface area contributed by atoms with E-state index >= 15 is 0 Å². The third kappa shape index (κ3) is 3.38. The van der Waals surface area contributed by atoms with E-state index in [1.54, 1.807) is 6.07 Å². The van der Waals surface area contributed by atoms with Crippen LogP contribution in [0, 0.1) is 11.8 Å². The van der Waals surface area contributed by atoms with Gasteiger partial charge in [-0.3, -0.25) is 19.9 Å². The lowest BCUT2D eigenvalue weighted by Crippen LogP contribution is -2.12. The maximum absolute atomic E-state index is 11.2. The molecule has 1 aromatic carbocycles. The van der Waals surface area contributed by atoms with Crippen molar-refractivity contribution in [3.63, 3.8) is 0 Å². The minimum absolute atomic E-state index is 0.0563. The molecule has 21 heavy (non-hydrogen) atoms. The molecule has 7 heteroatoms. The minimum atomic E-state index is -1.17. The molecule has 0 saturated heterocycles. The SMILES string of the molecule is CN(C)CC#Cc1ccc(Nn2c(=O)c2=O)c(C(=O)O)c1. The zero-order chi connectivity index (χ0) is 15.6. The van der Waals surface area contributed by atoms with Crippen LogP contribution in [0.3, 0.4) is 0 Å². The zero-order valence-corrected chi connectivity index (χ0v) is 11.5. The molecule has 1 aromatic heterocycles. The minimum Gasteiger partial charge on any atom is -0.478 e. The van der Waals surface area contributed by atoms with E-state index in [2.05, 4.69) is 17.3 Å². The molecule has 2 N–H and O–H groups in total. The Morgan fingerprint density at radius 2 is 2.00 bits per heavy atom. The molecular formula is C14H13N3O4. The Kier molecular flexibility index (Phi) is 3.91. The van der Waals surface area contributed by atoms with Crippen molar-refractivity contribution in [2.45, 2.75) is 0 Å². The highest BCUT2D eigenvalue weighted by Crippen LogP contribution is 2.17. The normalized spacial score (nSPS) is 10.4. The molecule has 0 unspecified atom stereocenters. The van der Waals surface area contributed by atoms with Gasteiger partial charge < -0.3 is 5.11 Å². The molecular weight excluding hydrogens is 274 g/mol. The van der Waals surface area contributed by atoms with Crippen LogP contribution in [-0.2, 0) is 0 Å². The Bertz CT molecular complexity index is 791. The quantitative estimate of drug-likeness (QED) is 0.586. The van der Waals surface area contributed by atoms with Gasteiger partial charge in [-0.1, -0.05) is 11.8 Å². The summed E-state index contributed by atoms with van der Waals surface area (Å²) in [6.07, 6.45) is 0. The lowest BCUT2D eigenvalue weighted by atomic mass is 10.1. The van der Waals surface area contributed by atoms with Gasteiger partial charge in [-0.25, -0.2) is 4.79 Å². The Morgan fingerprint density at radius 3 is 2.52 bits per heavy atom. The monoisotopic (exact) mass is 287 g/mol. The first-order chi connectivity index (χ1) is 9.90. The van der Waals surface area contributed by atoms with Gasteiger partial charge in [-0.05, 0) is 32.3 Å². The molecule has 0 bridgehead atoms. The number of carboxylic acid groups (broad SMARTS) is 1. The van der Waals surface area contributed by atoms with E-state index in [1.165, 1.54) is 12.1 Å². The summed E-state index contributed by atoms with van der Waals surface area (Å²) in [6, 6.07) is 4.49. The number of carbonyl (C=O) groups is 1. The van der Waals surface area contributed by atoms with E-state index < -0.39 is 17.1 Å². The van der Waals surface area contributed by atoms with E-state index in [0.717, 1.165) is 4.68 Å². The van der Waals surface area contributed by atoms with Gasteiger partial charge in [0.15, 0.2) is 0 Å². The number of hydrogen-bond donors (Lipinski definition) is 2. The van der Waals surface area contributed by atoms with Crippen molar-refractivity contribution < 1.29 is 9.90 Å². The summed E-state index contributed by atoms with van der Waals surface area (Å²) < 4.78 is 0.749. The summed E-state index contributed by atoms with van der Waals surface area (Å²) in [5.74, 6) is 4.58. The average Bonchev–Trinajstić information content (AvgIpc) is 2.97. The van der Waals surface area contributed by atoms with Crippen LogP contribution in [0.25, 0.3) is 0 Å². The first kappa shape index (κ1) is 14.6. The number of carboxylic acids is 1. The summed E-state index contributed by atoms with van der Waals surface area (Å²) in [5, 5.41) is 9.18. The number of nitrogens with one attached hydrogen (secondary N) is 1. The fourth-order valence-electron chi connectivity index (χ4n) is 1.55. The van der Waals surface area contributed by atoms with Crippen LogP contribution in [0.15, 0.2) is 27.8 Å². The van der Waals surface area contributed by atoms with Gasteiger partial charge in [0, 0.05) is 5.56 Å². The molecule has 0 amide bonds. The average molecular weight is 287 g/mol. The van der Waals surface area contributed by atoms with Gasteiger partial charge in [0.1, 0.15) is 0 Å². The van der Waals surface area contributed by atoms with Crippen LogP contribution < -0.4 is 16.5 Å². The zero-order valence-electron chi connectivity index (χ0n) is 11.5. The Labute approximate surface area is 120 Å². The number of rotatable bonds is 4. The van der Waals surface area contributed by atoms with E-state index in [0.29, 0.717) is 12.1 Å². The molecule has 0 aliphatic heterocycles.